The van der Waals surface area contributed by atoms with Crippen molar-refractivity contribution in [3.05, 3.63) is 0 Å². The smallest absolute Gasteiger partial charge is 0.328 e. The summed E-state index contributed by atoms with van der Waals surface area (Å²) in [6, 6.07) is 0. The summed E-state index contributed by atoms with van der Waals surface area (Å²) in [5, 5.41) is 3.28. The molecule has 1 atom stereocenters. The molecule has 0 aliphatic heterocycles. The molecule has 94 valence electrons. The number of esters is 1. The van der Waals surface area contributed by atoms with Crippen LogP contribution in [0.15, 0.2) is 0 Å². The van der Waals surface area contributed by atoms with Crippen molar-refractivity contribution in [3.63, 3.8) is 0 Å². The van der Waals surface area contributed by atoms with E-state index in [9.17, 15) is 4.79 Å². The van der Waals surface area contributed by atoms with Crippen LogP contribution in [-0.2, 0) is 14.3 Å². The Balaban J connectivity index is 2.46. The number of rotatable bonds is 8. The molecule has 0 spiro atoms. The average Bonchev–Trinajstić information content (AvgIpc) is 3.07. The zero-order valence-corrected chi connectivity index (χ0v) is 10.5. The average molecular weight is 229 g/mol. The molecule has 16 heavy (non-hydrogen) atoms. The predicted molar refractivity (Wildman–Crippen MR) is 62.3 cm³/mol. The van der Waals surface area contributed by atoms with Gasteiger partial charge in [0.25, 0.3) is 0 Å². The summed E-state index contributed by atoms with van der Waals surface area (Å²) in [7, 11) is 0. The molecule has 1 fully saturated rings. The van der Waals surface area contributed by atoms with Crippen LogP contribution in [0.4, 0.5) is 0 Å². The molecule has 1 aliphatic rings. The largest absolute Gasteiger partial charge is 0.465 e. The summed E-state index contributed by atoms with van der Waals surface area (Å²) in [4.78, 5) is 11.8. The predicted octanol–water partition coefficient (Wildman–Crippen LogP) is 1.34. The van der Waals surface area contributed by atoms with Crippen LogP contribution in [0, 0.1) is 5.92 Å². The van der Waals surface area contributed by atoms with Gasteiger partial charge in [-0.05, 0) is 46.1 Å². The summed E-state index contributed by atoms with van der Waals surface area (Å²) < 4.78 is 10.4. The third-order valence-electron chi connectivity index (χ3n) is 2.80. The van der Waals surface area contributed by atoms with Crippen LogP contribution in [0.5, 0.6) is 0 Å². The minimum atomic E-state index is -0.700. The van der Waals surface area contributed by atoms with E-state index in [4.69, 9.17) is 9.47 Å². The van der Waals surface area contributed by atoms with Crippen LogP contribution in [0.25, 0.3) is 0 Å². The van der Waals surface area contributed by atoms with Gasteiger partial charge in [0.2, 0.25) is 0 Å². The summed E-state index contributed by atoms with van der Waals surface area (Å²) in [6.07, 6.45) is 2.53. The lowest BCUT2D eigenvalue weighted by atomic mass is 10.0. The van der Waals surface area contributed by atoms with Crippen molar-refractivity contribution < 1.29 is 14.3 Å². The Kier molecular flexibility index (Phi) is 5.22. The van der Waals surface area contributed by atoms with E-state index in [2.05, 4.69) is 5.32 Å². The number of carbonyl (C=O) groups is 1. The highest BCUT2D eigenvalue weighted by molar-refractivity contribution is 5.80. The van der Waals surface area contributed by atoms with E-state index in [1.165, 1.54) is 12.8 Å². The number of ether oxygens (including phenoxy) is 2. The molecule has 1 unspecified atom stereocenters. The summed E-state index contributed by atoms with van der Waals surface area (Å²) >= 11 is 0. The maximum Gasteiger partial charge on any atom is 0.328 e. The van der Waals surface area contributed by atoms with Gasteiger partial charge in [0.15, 0.2) is 0 Å². The van der Waals surface area contributed by atoms with E-state index < -0.39 is 5.54 Å². The van der Waals surface area contributed by atoms with Gasteiger partial charge >= 0.3 is 5.97 Å². The fraction of sp³-hybridized carbons (Fsp3) is 0.917. The molecule has 0 aromatic rings. The van der Waals surface area contributed by atoms with E-state index in [0.717, 1.165) is 12.5 Å². The Morgan fingerprint density at radius 3 is 2.56 bits per heavy atom. The number of carbonyl (C=O) groups excluding carboxylic acids is 1. The zero-order chi connectivity index (χ0) is 12.0. The molecule has 0 heterocycles. The number of nitrogens with one attached hydrogen (secondary N) is 1. The molecule has 0 amide bonds. The van der Waals surface area contributed by atoms with Crippen molar-refractivity contribution in [2.75, 3.05) is 26.4 Å². The standard InChI is InChI=1S/C12H23NO3/c1-4-15-9-12(3,11(14)16-5-2)13-8-10-6-7-10/h10,13H,4-9H2,1-3H3. The van der Waals surface area contributed by atoms with Gasteiger partial charge in [-0.15, -0.1) is 0 Å². The highest BCUT2D eigenvalue weighted by Crippen LogP contribution is 2.28. The number of hydrogen-bond acceptors (Lipinski definition) is 4. The van der Waals surface area contributed by atoms with Crippen molar-refractivity contribution >= 4 is 5.97 Å². The monoisotopic (exact) mass is 229 g/mol. The fourth-order valence-electron chi connectivity index (χ4n) is 1.47. The highest BCUT2D eigenvalue weighted by Gasteiger charge is 2.36. The van der Waals surface area contributed by atoms with Crippen LogP contribution >= 0.6 is 0 Å². The molecule has 4 heteroatoms. The lowest BCUT2D eigenvalue weighted by molar-refractivity contribution is -0.153. The van der Waals surface area contributed by atoms with Crippen LogP contribution in [-0.4, -0.2) is 37.9 Å². The molecular formula is C12H23NO3. The van der Waals surface area contributed by atoms with Crippen LogP contribution < -0.4 is 5.32 Å². The van der Waals surface area contributed by atoms with E-state index in [0.29, 0.717) is 19.8 Å². The molecule has 1 aliphatic carbocycles. The second-order valence-corrected chi connectivity index (χ2v) is 4.51. The van der Waals surface area contributed by atoms with Gasteiger partial charge in [0.1, 0.15) is 5.54 Å². The van der Waals surface area contributed by atoms with Crippen molar-refractivity contribution in [3.8, 4) is 0 Å². The molecule has 1 rings (SSSR count). The second kappa shape index (κ2) is 6.21. The van der Waals surface area contributed by atoms with E-state index in [-0.39, 0.29) is 5.97 Å². The summed E-state index contributed by atoms with van der Waals surface area (Å²) in [5.41, 5.74) is -0.700. The van der Waals surface area contributed by atoms with Crippen LogP contribution in [0.3, 0.4) is 0 Å². The first-order chi connectivity index (χ1) is 7.62. The number of hydrogen-bond donors (Lipinski definition) is 1. The van der Waals surface area contributed by atoms with Crippen molar-refractivity contribution in [1.82, 2.24) is 5.32 Å². The van der Waals surface area contributed by atoms with Crippen LogP contribution in [0.1, 0.15) is 33.6 Å². The van der Waals surface area contributed by atoms with Crippen molar-refractivity contribution in [1.29, 1.82) is 0 Å². The van der Waals surface area contributed by atoms with Gasteiger partial charge in [0.05, 0.1) is 13.2 Å². The van der Waals surface area contributed by atoms with Crippen molar-refractivity contribution in [2.45, 2.75) is 39.2 Å². The van der Waals surface area contributed by atoms with Gasteiger partial charge in [0, 0.05) is 6.61 Å². The Morgan fingerprint density at radius 2 is 2.06 bits per heavy atom. The maximum absolute atomic E-state index is 11.8. The normalized spacial score (nSPS) is 19.2. The molecule has 0 saturated heterocycles. The summed E-state index contributed by atoms with van der Waals surface area (Å²) in [5.74, 6) is 0.513. The first kappa shape index (κ1) is 13.5. The van der Waals surface area contributed by atoms with E-state index in [1.54, 1.807) is 0 Å². The molecule has 0 aromatic heterocycles. The molecule has 4 nitrogen and oxygen atoms in total. The Morgan fingerprint density at radius 1 is 1.38 bits per heavy atom. The Labute approximate surface area is 97.7 Å². The van der Waals surface area contributed by atoms with Gasteiger partial charge < -0.3 is 9.47 Å². The van der Waals surface area contributed by atoms with Gasteiger partial charge in [-0.1, -0.05) is 0 Å². The van der Waals surface area contributed by atoms with E-state index >= 15 is 0 Å². The van der Waals surface area contributed by atoms with E-state index in [1.807, 2.05) is 20.8 Å². The summed E-state index contributed by atoms with van der Waals surface area (Å²) in [6.45, 7) is 7.86. The minimum absolute atomic E-state index is 0.218. The molecule has 0 radical (unpaired) electrons. The second-order valence-electron chi connectivity index (χ2n) is 4.51. The first-order valence-corrected chi connectivity index (χ1v) is 6.12. The lowest BCUT2D eigenvalue weighted by Crippen LogP contribution is -2.54. The molecule has 1 N–H and O–H groups in total. The third kappa shape index (κ3) is 4.10. The molecule has 0 bridgehead atoms. The highest BCUT2D eigenvalue weighted by atomic mass is 16.5. The van der Waals surface area contributed by atoms with Gasteiger partial charge in [-0.2, -0.15) is 0 Å². The zero-order valence-electron chi connectivity index (χ0n) is 10.5. The molecule has 1 saturated carbocycles. The first-order valence-electron chi connectivity index (χ1n) is 6.12. The van der Waals surface area contributed by atoms with Gasteiger partial charge in [-0.3, -0.25) is 5.32 Å². The Hall–Kier alpha value is -0.610. The molecular weight excluding hydrogens is 206 g/mol. The molecule has 0 aromatic carbocycles. The fourth-order valence-corrected chi connectivity index (χ4v) is 1.47. The van der Waals surface area contributed by atoms with Gasteiger partial charge in [-0.25, -0.2) is 4.79 Å². The Bertz CT molecular complexity index is 228. The van der Waals surface area contributed by atoms with Crippen LogP contribution in [0.2, 0.25) is 0 Å². The minimum Gasteiger partial charge on any atom is -0.465 e. The SMILES string of the molecule is CCOCC(C)(NCC1CC1)C(=O)OCC. The quantitative estimate of drug-likeness (QED) is 0.638. The topological polar surface area (TPSA) is 47.6 Å². The van der Waals surface area contributed by atoms with Crippen molar-refractivity contribution in [2.24, 2.45) is 5.92 Å². The third-order valence-corrected chi connectivity index (χ3v) is 2.80. The lowest BCUT2D eigenvalue weighted by Gasteiger charge is -2.28. The maximum atomic E-state index is 11.8.